The van der Waals surface area contributed by atoms with E-state index in [0.29, 0.717) is 0 Å². The van der Waals surface area contributed by atoms with Gasteiger partial charge in [-0.15, -0.1) is 0 Å². The summed E-state index contributed by atoms with van der Waals surface area (Å²) in [5.74, 6) is 3.54. The average Bonchev–Trinajstić information content (AvgIpc) is 2.91. The standard InChI is InChI=1S/C15H22N4O/c1-4-13-18-14(16-5-2)10-15(19-13)17-11(3)9-12-7-6-8-20-12/h6-8,10-11H,4-5,9H2,1-3H3,(H2,16,17,18,19). The Morgan fingerprint density at radius 1 is 1.25 bits per heavy atom. The van der Waals surface area contributed by atoms with Gasteiger partial charge < -0.3 is 15.1 Å². The molecule has 0 amide bonds. The smallest absolute Gasteiger partial charge is 0.132 e. The summed E-state index contributed by atoms with van der Waals surface area (Å²) < 4.78 is 5.36. The normalized spacial score (nSPS) is 12.2. The maximum atomic E-state index is 5.36. The summed E-state index contributed by atoms with van der Waals surface area (Å²) in [4.78, 5) is 8.95. The molecule has 0 aromatic carbocycles. The third-order valence-corrected chi connectivity index (χ3v) is 2.93. The first kappa shape index (κ1) is 14.4. The van der Waals surface area contributed by atoms with Crippen molar-refractivity contribution >= 4 is 11.6 Å². The zero-order valence-electron chi connectivity index (χ0n) is 12.3. The molecule has 2 aromatic rings. The van der Waals surface area contributed by atoms with Crippen LogP contribution in [-0.4, -0.2) is 22.6 Å². The van der Waals surface area contributed by atoms with Crippen LogP contribution in [0.25, 0.3) is 0 Å². The number of aromatic nitrogens is 2. The van der Waals surface area contributed by atoms with Gasteiger partial charge in [-0.3, -0.25) is 0 Å². The van der Waals surface area contributed by atoms with Crippen LogP contribution >= 0.6 is 0 Å². The SMILES string of the molecule is CCNc1cc(NC(C)Cc2ccco2)nc(CC)n1. The molecular formula is C15H22N4O. The van der Waals surface area contributed by atoms with E-state index in [2.05, 4.69) is 41.4 Å². The van der Waals surface area contributed by atoms with Crippen LogP contribution in [0.1, 0.15) is 32.4 Å². The molecule has 2 rings (SSSR count). The fourth-order valence-electron chi connectivity index (χ4n) is 2.03. The molecule has 0 radical (unpaired) electrons. The second-order valence-corrected chi connectivity index (χ2v) is 4.77. The Hall–Kier alpha value is -2.04. The molecular weight excluding hydrogens is 252 g/mol. The summed E-state index contributed by atoms with van der Waals surface area (Å²) >= 11 is 0. The van der Waals surface area contributed by atoms with E-state index in [0.717, 1.165) is 42.6 Å². The van der Waals surface area contributed by atoms with Gasteiger partial charge in [-0.25, -0.2) is 9.97 Å². The zero-order chi connectivity index (χ0) is 14.4. The molecule has 0 bridgehead atoms. The fraction of sp³-hybridized carbons (Fsp3) is 0.467. The highest BCUT2D eigenvalue weighted by atomic mass is 16.3. The molecule has 0 spiro atoms. The minimum absolute atomic E-state index is 0.246. The lowest BCUT2D eigenvalue weighted by atomic mass is 10.2. The van der Waals surface area contributed by atoms with E-state index in [-0.39, 0.29) is 6.04 Å². The quantitative estimate of drug-likeness (QED) is 0.812. The summed E-state index contributed by atoms with van der Waals surface area (Å²) in [6, 6.07) is 6.09. The number of rotatable bonds is 7. The Kier molecular flexibility index (Phi) is 4.98. The van der Waals surface area contributed by atoms with E-state index < -0.39 is 0 Å². The molecule has 20 heavy (non-hydrogen) atoms. The number of hydrogen-bond donors (Lipinski definition) is 2. The molecule has 0 saturated carbocycles. The summed E-state index contributed by atoms with van der Waals surface area (Å²) in [7, 11) is 0. The second kappa shape index (κ2) is 6.93. The van der Waals surface area contributed by atoms with Crippen molar-refractivity contribution in [3.63, 3.8) is 0 Å². The Balaban J connectivity index is 2.05. The maximum Gasteiger partial charge on any atom is 0.132 e. The summed E-state index contributed by atoms with van der Waals surface area (Å²) in [6.07, 6.45) is 3.35. The van der Waals surface area contributed by atoms with Crippen molar-refractivity contribution < 1.29 is 4.42 Å². The molecule has 0 aliphatic rings. The second-order valence-electron chi connectivity index (χ2n) is 4.77. The van der Waals surface area contributed by atoms with Gasteiger partial charge in [0.1, 0.15) is 23.2 Å². The van der Waals surface area contributed by atoms with Crippen LogP contribution in [0.2, 0.25) is 0 Å². The molecule has 0 fully saturated rings. The minimum atomic E-state index is 0.246. The van der Waals surface area contributed by atoms with Crippen molar-refractivity contribution in [2.24, 2.45) is 0 Å². The third-order valence-electron chi connectivity index (χ3n) is 2.93. The number of hydrogen-bond acceptors (Lipinski definition) is 5. The van der Waals surface area contributed by atoms with E-state index in [1.54, 1.807) is 6.26 Å². The van der Waals surface area contributed by atoms with E-state index in [1.807, 2.05) is 18.2 Å². The molecule has 2 N–H and O–H groups in total. The Labute approximate surface area is 119 Å². The Bertz CT molecular complexity index is 525. The number of nitrogens with one attached hydrogen (secondary N) is 2. The van der Waals surface area contributed by atoms with Gasteiger partial charge in [0, 0.05) is 31.5 Å². The van der Waals surface area contributed by atoms with E-state index in [1.165, 1.54) is 0 Å². The lowest BCUT2D eigenvalue weighted by molar-refractivity contribution is 0.497. The predicted molar refractivity (Wildman–Crippen MR) is 81.1 cm³/mol. The van der Waals surface area contributed by atoms with Gasteiger partial charge in [-0.1, -0.05) is 6.92 Å². The highest BCUT2D eigenvalue weighted by molar-refractivity contribution is 5.48. The monoisotopic (exact) mass is 274 g/mol. The topological polar surface area (TPSA) is 63.0 Å². The number of furan rings is 1. The Morgan fingerprint density at radius 3 is 2.70 bits per heavy atom. The fourth-order valence-corrected chi connectivity index (χ4v) is 2.03. The zero-order valence-corrected chi connectivity index (χ0v) is 12.3. The summed E-state index contributed by atoms with van der Waals surface area (Å²) in [5.41, 5.74) is 0. The van der Waals surface area contributed by atoms with Crippen LogP contribution in [0.15, 0.2) is 28.9 Å². The maximum absolute atomic E-state index is 5.36. The van der Waals surface area contributed by atoms with Crippen LogP contribution in [-0.2, 0) is 12.8 Å². The van der Waals surface area contributed by atoms with Crippen molar-refractivity contribution in [2.45, 2.75) is 39.7 Å². The van der Waals surface area contributed by atoms with E-state index >= 15 is 0 Å². The highest BCUT2D eigenvalue weighted by Crippen LogP contribution is 2.14. The molecule has 1 unspecified atom stereocenters. The number of anilines is 2. The molecule has 2 aromatic heterocycles. The van der Waals surface area contributed by atoms with Gasteiger partial charge >= 0.3 is 0 Å². The molecule has 0 aliphatic heterocycles. The summed E-state index contributed by atoms with van der Waals surface area (Å²) in [6.45, 7) is 7.08. The van der Waals surface area contributed by atoms with Crippen LogP contribution in [0.5, 0.6) is 0 Å². The van der Waals surface area contributed by atoms with Gasteiger partial charge in [0.2, 0.25) is 0 Å². The van der Waals surface area contributed by atoms with Crippen LogP contribution in [0.3, 0.4) is 0 Å². The molecule has 0 saturated heterocycles. The van der Waals surface area contributed by atoms with Gasteiger partial charge in [0.15, 0.2) is 0 Å². The lowest BCUT2D eigenvalue weighted by Gasteiger charge is -2.15. The first-order chi connectivity index (χ1) is 9.71. The van der Waals surface area contributed by atoms with E-state index in [4.69, 9.17) is 4.42 Å². The van der Waals surface area contributed by atoms with Gasteiger partial charge in [-0.05, 0) is 26.0 Å². The van der Waals surface area contributed by atoms with Gasteiger partial charge in [0.05, 0.1) is 6.26 Å². The first-order valence-corrected chi connectivity index (χ1v) is 7.12. The van der Waals surface area contributed by atoms with Crippen molar-refractivity contribution in [3.8, 4) is 0 Å². The van der Waals surface area contributed by atoms with Crippen LogP contribution < -0.4 is 10.6 Å². The Morgan fingerprint density at radius 2 is 2.05 bits per heavy atom. The molecule has 2 heterocycles. The average molecular weight is 274 g/mol. The number of aryl methyl sites for hydroxylation is 1. The van der Waals surface area contributed by atoms with Crippen molar-refractivity contribution in [2.75, 3.05) is 17.2 Å². The molecule has 0 aliphatic carbocycles. The molecule has 1 atom stereocenters. The van der Waals surface area contributed by atoms with E-state index in [9.17, 15) is 0 Å². The van der Waals surface area contributed by atoms with Crippen LogP contribution in [0.4, 0.5) is 11.6 Å². The van der Waals surface area contributed by atoms with Crippen molar-refractivity contribution in [1.82, 2.24) is 9.97 Å². The molecule has 108 valence electrons. The van der Waals surface area contributed by atoms with Crippen LogP contribution in [0, 0.1) is 0 Å². The number of nitrogens with zero attached hydrogens (tertiary/aromatic N) is 2. The minimum Gasteiger partial charge on any atom is -0.469 e. The lowest BCUT2D eigenvalue weighted by Crippen LogP contribution is -2.19. The highest BCUT2D eigenvalue weighted by Gasteiger charge is 2.08. The van der Waals surface area contributed by atoms with Crippen molar-refractivity contribution in [3.05, 3.63) is 36.0 Å². The van der Waals surface area contributed by atoms with Crippen molar-refractivity contribution in [1.29, 1.82) is 0 Å². The van der Waals surface area contributed by atoms with Gasteiger partial charge in [0.25, 0.3) is 0 Å². The largest absolute Gasteiger partial charge is 0.469 e. The third kappa shape index (κ3) is 3.98. The summed E-state index contributed by atoms with van der Waals surface area (Å²) in [5, 5.41) is 6.63. The van der Waals surface area contributed by atoms with Gasteiger partial charge in [-0.2, -0.15) is 0 Å². The first-order valence-electron chi connectivity index (χ1n) is 7.12. The molecule has 5 heteroatoms. The predicted octanol–water partition coefficient (Wildman–Crippen LogP) is 3.11. The molecule has 5 nitrogen and oxygen atoms in total.